The molecule has 0 amide bonds. The van der Waals surface area contributed by atoms with Gasteiger partial charge in [-0.25, -0.2) is 0 Å². The largest absolute Gasteiger partial charge is 0.328 e. The van der Waals surface area contributed by atoms with Gasteiger partial charge in [0.1, 0.15) is 0 Å². The lowest BCUT2D eigenvalue weighted by Crippen LogP contribution is -2.19. The highest BCUT2D eigenvalue weighted by molar-refractivity contribution is 4.81. The molecule has 0 fully saturated rings. The molecule has 49 valence electrons. The van der Waals surface area contributed by atoms with Crippen LogP contribution in [0.3, 0.4) is 0 Å². The topological polar surface area (TPSA) is 26.0 Å². The Balaban J connectivity index is 3.10. The fourth-order valence-electron chi connectivity index (χ4n) is 0.669. The second-order valence-electron chi connectivity index (χ2n) is 2.58. The van der Waals surface area contributed by atoms with Gasteiger partial charge in [-0.3, -0.25) is 0 Å². The Morgan fingerprint density at radius 1 is 1.50 bits per heavy atom. The fraction of sp³-hybridized carbons (Fsp3) is 0.857. The maximum atomic E-state index is 5.65. The lowest BCUT2D eigenvalue weighted by molar-refractivity contribution is 0.607. The molecule has 1 unspecified atom stereocenters. The van der Waals surface area contributed by atoms with Gasteiger partial charge >= 0.3 is 0 Å². The average molecular weight is 114 g/mol. The summed E-state index contributed by atoms with van der Waals surface area (Å²) >= 11 is 0. The Bertz CT molecular complexity index is 50.3. The van der Waals surface area contributed by atoms with Gasteiger partial charge in [0.2, 0.25) is 0 Å². The van der Waals surface area contributed by atoms with Crippen molar-refractivity contribution in [2.24, 2.45) is 5.73 Å². The number of rotatable bonds is 3. The van der Waals surface area contributed by atoms with E-state index in [9.17, 15) is 0 Å². The molecule has 1 radical (unpaired) electrons. The van der Waals surface area contributed by atoms with Crippen molar-refractivity contribution in [3.05, 3.63) is 5.92 Å². The van der Waals surface area contributed by atoms with Crippen molar-refractivity contribution in [3.63, 3.8) is 0 Å². The third kappa shape index (κ3) is 4.13. The van der Waals surface area contributed by atoms with Crippen LogP contribution in [0, 0.1) is 5.92 Å². The van der Waals surface area contributed by atoms with Crippen LogP contribution < -0.4 is 5.73 Å². The highest BCUT2D eigenvalue weighted by Crippen LogP contribution is 2.06. The molecule has 1 nitrogen and oxygen atoms in total. The van der Waals surface area contributed by atoms with Crippen LogP contribution in [0.15, 0.2) is 0 Å². The van der Waals surface area contributed by atoms with Gasteiger partial charge in [0.15, 0.2) is 0 Å². The van der Waals surface area contributed by atoms with E-state index in [-0.39, 0.29) is 0 Å². The molecule has 0 aromatic rings. The van der Waals surface area contributed by atoms with Gasteiger partial charge in [-0.2, -0.15) is 0 Å². The highest BCUT2D eigenvalue weighted by Gasteiger charge is 2.00. The molecule has 0 aromatic carbocycles. The Morgan fingerprint density at radius 2 is 2.00 bits per heavy atom. The predicted molar refractivity (Wildman–Crippen MR) is 37.5 cm³/mol. The van der Waals surface area contributed by atoms with Crippen molar-refractivity contribution in [2.75, 3.05) is 0 Å². The Hall–Kier alpha value is -0.0400. The summed E-state index contributed by atoms with van der Waals surface area (Å²) in [6.07, 6.45) is 2.17. The third-order valence-corrected chi connectivity index (χ3v) is 1.19. The van der Waals surface area contributed by atoms with E-state index in [0.717, 1.165) is 12.8 Å². The smallest absolute Gasteiger partial charge is 0.00414 e. The first-order valence-electron chi connectivity index (χ1n) is 3.21. The average Bonchev–Trinajstić information content (AvgIpc) is 1.65. The summed E-state index contributed by atoms with van der Waals surface area (Å²) in [6.45, 7) is 6.36. The molecule has 0 aromatic heterocycles. The number of hydrogen-bond donors (Lipinski definition) is 1. The molecule has 0 aliphatic heterocycles. The van der Waals surface area contributed by atoms with E-state index in [1.54, 1.807) is 0 Å². The molecular formula is C7H16N. The van der Waals surface area contributed by atoms with Gasteiger partial charge < -0.3 is 5.73 Å². The van der Waals surface area contributed by atoms with Crippen molar-refractivity contribution >= 4 is 0 Å². The standard InChI is InChI=1S/C7H16N/c1-4-7(8)5-6(2)3/h7H,4-5,8H2,1-3H3. The number of hydrogen-bond acceptors (Lipinski definition) is 1. The van der Waals surface area contributed by atoms with E-state index in [4.69, 9.17) is 5.73 Å². The highest BCUT2D eigenvalue weighted by atomic mass is 14.6. The van der Waals surface area contributed by atoms with Gasteiger partial charge in [-0.1, -0.05) is 20.8 Å². The molecule has 1 heteroatoms. The van der Waals surface area contributed by atoms with E-state index >= 15 is 0 Å². The van der Waals surface area contributed by atoms with Crippen molar-refractivity contribution in [1.29, 1.82) is 0 Å². The molecule has 0 bridgehead atoms. The summed E-state index contributed by atoms with van der Waals surface area (Å²) in [5.74, 6) is 1.43. The Labute approximate surface area is 52.3 Å². The second kappa shape index (κ2) is 3.90. The lowest BCUT2D eigenvalue weighted by atomic mass is 10.0. The van der Waals surface area contributed by atoms with Gasteiger partial charge in [0.05, 0.1) is 0 Å². The number of nitrogens with two attached hydrogens (primary N) is 1. The molecule has 8 heavy (non-hydrogen) atoms. The van der Waals surface area contributed by atoms with Crippen LogP contribution in [-0.4, -0.2) is 6.04 Å². The summed E-state index contributed by atoms with van der Waals surface area (Å²) in [4.78, 5) is 0. The third-order valence-electron chi connectivity index (χ3n) is 1.19. The van der Waals surface area contributed by atoms with Crippen LogP contribution >= 0.6 is 0 Å². The zero-order chi connectivity index (χ0) is 6.57. The van der Waals surface area contributed by atoms with Crippen LogP contribution in [0.2, 0.25) is 0 Å². The van der Waals surface area contributed by atoms with Crippen LogP contribution in [0.5, 0.6) is 0 Å². The van der Waals surface area contributed by atoms with Gasteiger partial charge in [0, 0.05) is 6.04 Å². The van der Waals surface area contributed by atoms with Gasteiger partial charge in [-0.15, -0.1) is 0 Å². The predicted octanol–water partition coefficient (Wildman–Crippen LogP) is 1.73. The summed E-state index contributed by atoms with van der Waals surface area (Å²) in [5, 5.41) is 0. The minimum atomic E-state index is 0.389. The maximum Gasteiger partial charge on any atom is 0.00414 e. The minimum Gasteiger partial charge on any atom is -0.328 e. The van der Waals surface area contributed by atoms with E-state index in [1.807, 2.05) is 0 Å². The first kappa shape index (κ1) is 7.96. The maximum absolute atomic E-state index is 5.65. The van der Waals surface area contributed by atoms with Crippen LogP contribution in [0.25, 0.3) is 0 Å². The summed E-state index contributed by atoms with van der Waals surface area (Å²) in [5.41, 5.74) is 5.65. The summed E-state index contributed by atoms with van der Waals surface area (Å²) in [6, 6.07) is 0.389. The van der Waals surface area contributed by atoms with Crippen molar-refractivity contribution in [2.45, 2.75) is 39.7 Å². The molecule has 0 spiro atoms. The zero-order valence-electron chi connectivity index (χ0n) is 6.07. The van der Waals surface area contributed by atoms with Crippen molar-refractivity contribution < 1.29 is 0 Å². The van der Waals surface area contributed by atoms with E-state index in [2.05, 4.69) is 20.8 Å². The molecule has 0 heterocycles. The SMILES string of the molecule is CCC(N)C[C](C)C. The second-order valence-corrected chi connectivity index (χ2v) is 2.58. The Morgan fingerprint density at radius 3 is 2.12 bits per heavy atom. The normalized spacial score (nSPS) is 14.6. The zero-order valence-corrected chi connectivity index (χ0v) is 6.07. The van der Waals surface area contributed by atoms with Crippen molar-refractivity contribution in [3.8, 4) is 0 Å². The molecular weight excluding hydrogens is 98.1 g/mol. The summed E-state index contributed by atoms with van der Waals surface area (Å²) in [7, 11) is 0. The van der Waals surface area contributed by atoms with Crippen LogP contribution in [0.1, 0.15) is 33.6 Å². The first-order valence-corrected chi connectivity index (χ1v) is 3.21. The molecule has 0 saturated heterocycles. The summed E-state index contributed by atoms with van der Waals surface area (Å²) < 4.78 is 0. The van der Waals surface area contributed by atoms with E-state index in [1.165, 1.54) is 5.92 Å². The molecule has 0 rings (SSSR count). The molecule has 0 aliphatic rings. The van der Waals surface area contributed by atoms with Crippen molar-refractivity contribution in [1.82, 2.24) is 0 Å². The molecule has 1 atom stereocenters. The quantitative estimate of drug-likeness (QED) is 0.594. The van der Waals surface area contributed by atoms with E-state index in [0.29, 0.717) is 6.04 Å². The molecule has 2 N–H and O–H groups in total. The fourth-order valence-corrected chi connectivity index (χ4v) is 0.669. The Kier molecular flexibility index (Phi) is 3.88. The monoisotopic (exact) mass is 114 g/mol. The van der Waals surface area contributed by atoms with E-state index < -0.39 is 0 Å². The van der Waals surface area contributed by atoms with Crippen LogP contribution in [-0.2, 0) is 0 Å². The van der Waals surface area contributed by atoms with Gasteiger partial charge in [0.25, 0.3) is 0 Å². The minimum absolute atomic E-state index is 0.389. The molecule has 0 aliphatic carbocycles. The lowest BCUT2D eigenvalue weighted by Gasteiger charge is -2.09. The molecule has 0 saturated carbocycles. The first-order chi connectivity index (χ1) is 3.66. The van der Waals surface area contributed by atoms with Crippen LogP contribution in [0.4, 0.5) is 0 Å². The van der Waals surface area contributed by atoms with Gasteiger partial charge in [-0.05, 0) is 18.8 Å².